The van der Waals surface area contributed by atoms with Gasteiger partial charge in [-0.15, -0.1) is 0 Å². The van der Waals surface area contributed by atoms with Crippen LogP contribution >= 0.6 is 0 Å². The van der Waals surface area contributed by atoms with E-state index in [0.29, 0.717) is 31.2 Å². The molecule has 0 spiro atoms. The molecule has 2 aliphatic heterocycles. The molecule has 2 aromatic rings. The first-order valence-corrected chi connectivity index (χ1v) is 10.3. The van der Waals surface area contributed by atoms with E-state index in [2.05, 4.69) is 26.7 Å². The second-order valence-electron chi connectivity index (χ2n) is 7.86. The Morgan fingerprint density at radius 1 is 1.21 bits per heavy atom. The van der Waals surface area contributed by atoms with E-state index >= 15 is 0 Å². The molecule has 2 amide bonds. The molecule has 2 N–H and O–H groups in total. The number of hydrogen-bond acceptors (Lipinski definition) is 5. The van der Waals surface area contributed by atoms with Gasteiger partial charge in [-0.3, -0.25) is 14.6 Å². The number of aromatic nitrogens is 2. The summed E-state index contributed by atoms with van der Waals surface area (Å²) >= 11 is 0. The minimum Gasteiger partial charge on any atom is -0.384 e. The number of nitrogens with zero attached hydrogens (tertiary/aromatic N) is 3. The summed E-state index contributed by atoms with van der Waals surface area (Å²) in [5.41, 5.74) is 4.15. The fourth-order valence-electron chi connectivity index (χ4n) is 4.04. The molecular weight excluding hydrogens is 366 g/mol. The molecule has 29 heavy (non-hydrogen) atoms. The van der Waals surface area contributed by atoms with Crippen molar-refractivity contribution >= 4 is 17.5 Å². The van der Waals surface area contributed by atoms with E-state index in [1.165, 1.54) is 11.8 Å². The molecule has 7 nitrogen and oxygen atoms in total. The largest absolute Gasteiger partial charge is 0.384 e. The lowest BCUT2D eigenvalue weighted by Gasteiger charge is -2.33. The Morgan fingerprint density at radius 2 is 2.03 bits per heavy atom. The zero-order valence-corrected chi connectivity index (χ0v) is 16.8. The summed E-state index contributed by atoms with van der Waals surface area (Å²) < 4.78 is 0. The molecule has 1 saturated heterocycles. The molecular formula is C22H27N5O2. The van der Waals surface area contributed by atoms with E-state index in [0.717, 1.165) is 49.2 Å². The summed E-state index contributed by atoms with van der Waals surface area (Å²) in [4.78, 5) is 35.4. The number of fused-ring (bicyclic) bond motifs is 1. The van der Waals surface area contributed by atoms with Crippen LogP contribution in [-0.4, -0.2) is 52.9 Å². The molecule has 0 radical (unpaired) electrons. The number of nitrogens with one attached hydrogen (secondary N) is 2. The van der Waals surface area contributed by atoms with Gasteiger partial charge in [0.15, 0.2) is 0 Å². The third kappa shape index (κ3) is 4.39. The number of carbonyl (C=O) groups excluding carboxylic acids is 2. The molecule has 152 valence electrons. The molecule has 0 unspecified atom stereocenters. The topological polar surface area (TPSA) is 87.2 Å². The van der Waals surface area contributed by atoms with Crippen LogP contribution in [0, 0.1) is 12.8 Å². The molecule has 0 saturated carbocycles. The molecule has 7 heteroatoms. The van der Waals surface area contributed by atoms with Gasteiger partial charge in [0.2, 0.25) is 0 Å². The Balaban J connectivity index is 1.30. The van der Waals surface area contributed by atoms with E-state index in [9.17, 15) is 9.59 Å². The lowest BCUT2D eigenvalue weighted by atomic mass is 9.95. The first kappa shape index (κ1) is 19.4. The van der Waals surface area contributed by atoms with Crippen molar-refractivity contribution in [2.45, 2.75) is 32.6 Å². The van der Waals surface area contributed by atoms with Crippen LogP contribution in [0.4, 0.5) is 5.69 Å². The average Bonchev–Trinajstić information content (AvgIpc) is 2.77. The standard InChI is InChI=1S/C22H27N5O2/c1-15-12-25-19(14-24-15)21(28)26-13-16-7-10-27(11-8-16)22(29)18-6-2-4-17-5-3-9-23-20(17)18/h2,4,6,12,14,16,23H,3,5,7-11,13H2,1H3,(H,26,28). The molecule has 0 aliphatic carbocycles. The minimum atomic E-state index is -0.196. The summed E-state index contributed by atoms with van der Waals surface area (Å²) in [5, 5.41) is 6.36. The number of carbonyl (C=O) groups is 2. The van der Waals surface area contributed by atoms with E-state index in [1.54, 1.807) is 6.20 Å². The van der Waals surface area contributed by atoms with Gasteiger partial charge in [0.1, 0.15) is 5.69 Å². The molecule has 1 aromatic carbocycles. The SMILES string of the molecule is Cc1cnc(C(=O)NCC2CCN(C(=O)c3cccc4c3NCCC4)CC2)cn1. The fraction of sp³-hybridized carbons (Fsp3) is 0.455. The maximum atomic E-state index is 13.1. The van der Waals surface area contributed by atoms with Crippen LogP contribution in [0.15, 0.2) is 30.6 Å². The maximum absolute atomic E-state index is 13.1. The quantitative estimate of drug-likeness (QED) is 0.833. The van der Waals surface area contributed by atoms with Gasteiger partial charge in [-0.25, -0.2) is 4.98 Å². The van der Waals surface area contributed by atoms with Crippen molar-refractivity contribution in [3.63, 3.8) is 0 Å². The van der Waals surface area contributed by atoms with Crippen molar-refractivity contribution in [2.24, 2.45) is 5.92 Å². The first-order chi connectivity index (χ1) is 14.1. The number of hydrogen-bond donors (Lipinski definition) is 2. The number of benzene rings is 1. The van der Waals surface area contributed by atoms with Gasteiger partial charge in [0.25, 0.3) is 11.8 Å². The second kappa shape index (κ2) is 8.59. The molecule has 1 aromatic heterocycles. The number of amides is 2. The zero-order valence-electron chi connectivity index (χ0n) is 16.8. The third-order valence-electron chi connectivity index (χ3n) is 5.77. The molecule has 0 atom stereocenters. The van der Waals surface area contributed by atoms with E-state index in [1.807, 2.05) is 24.0 Å². The van der Waals surface area contributed by atoms with E-state index < -0.39 is 0 Å². The molecule has 3 heterocycles. The van der Waals surface area contributed by atoms with Gasteiger partial charge in [0.05, 0.1) is 23.1 Å². The number of aryl methyl sites for hydroxylation is 2. The molecule has 0 bridgehead atoms. The highest BCUT2D eigenvalue weighted by Crippen LogP contribution is 2.28. The van der Waals surface area contributed by atoms with Gasteiger partial charge in [0, 0.05) is 32.4 Å². The predicted octanol–water partition coefficient (Wildman–Crippen LogP) is 2.43. The maximum Gasteiger partial charge on any atom is 0.271 e. The van der Waals surface area contributed by atoms with Crippen LogP contribution in [-0.2, 0) is 6.42 Å². The number of piperidine rings is 1. The van der Waals surface area contributed by atoms with Crippen LogP contribution < -0.4 is 10.6 Å². The van der Waals surface area contributed by atoms with Crippen LogP contribution in [0.5, 0.6) is 0 Å². The monoisotopic (exact) mass is 393 g/mol. The summed E-state index contributed by atoms with van der Waals surface area (Å²) in [6, 6.07) is 6.01. The summed E-state index contributed by atoms with van der Waals surface area (Å²) in [6.07, 6.45) is 6.99. The Labute approximate surface area is 170 Å². The van der Waals surface area contributed by atoms with Gasteiger partial charge in [-0.1, -0.05) is 12.1 Å². The predicted molar refractivity (Wildman–Crippen MR) is 111 cm³/mol. The third-order valence-corrected chi connectivity index (χ3v) is 5.77. The van der Waals surface area contributed by atoms with Crippen molar-refractivity contribution in [3.05, 3.63) is 53.1 Å². The average molecular weight is 393 g/mol. The highest BCUT2D eigenvalue weighted by Gasteiger charge is 2.26. The summed E-state index contributed by atoms with van der Waals surface area (Å²) in [7, 11) is 0. The Morgan fingerprint density at radius 3 is 2.79 bits per heavy atom. The van der Waals surface area contributed by atoms with Gasteiger partial charge < -0.3 is 15.5 Å². The van der Waals surface area contributed by atoms with Gasteiger partial charge in [-0.05, 0) is 50.2 Å². The highest BCUT2D eigenvalue weighted by atomic mass is 16.2. The molecule has 2 aliphatic rings. The van der Waals surface area contributed by atoms with E-state index in [4.69, 9.17) is 0 Å². The Kier molecular flexibility index (Phi) is 5.74. The lowest BCUT2D eigenvalue weighted by molar-refractivity contribution is 0.0685. The summed E-state index contributed by atoms with van der Waals surface area (Å²) in [5.74, 6) is 0.274. The number of para-hydroxylation sites is 1. The molecule has 1 fully saturated rings. The fourth-order valence-corrected chi connectivity index (χ4v) is 4.04. The minimum absolute atomic E-state index is 0.105. The van der Waals surface area contributed by atoms with Crippen LogP contribution in [0.2, 0.25) is 0 Å². The number of rotatable bonds is 4. The number of anilines is 1. The highest BCUT2D eigenvalue weighted by molar-refractivity contribution is 6.00. The lowest BCUT2D eigenvalue weighted by Crippen LogP contribution is -2.42. The van der Waals surface area contributed by atoms with Crippen LogP contribution in [0.3, 0.4) is 0 Å². The van der Waals surface area contributed by atoms with Crippen LogP contribution in [0.1, 0.15) is 51.4 Å². The smallest absolute Gasteiger partial charge is 0.271 e. The Bertz CT molecular complexity index is 889. The molecule has 4 rings (SSSR count). The van der Waals surface area contributed by atoms with Crippen molar-refractivity contribution in [1.29, 1.82) is 0 Å². The van der Waals surface area contributed by atoms with Crippen molar-refractivity contribution in [2.75, 3.05) is 31.5 Å². The van der Waals surface area contributed by atoms with E-state index in [-0.39, 0.29) is 11.8 Å². The summed E-state index contributed by atoms with van der Waals surface area (Å²) in [6.45, 7) is 4.79. The van der Waals surface area contributed by atoms with Gasteiger partial charge in [-0.2, -0.15) is 0 Å². The van der Waals surface area contributed by atoms with Crippen LogP contribution in [0.25, 0.3) is 0 Å². The Hall–Kier alpha value is -2.96. The van der Waals surface area contributed by atoms with Crippen molar-refractivity contribution in [3.8, 4) is 0 Å². The second-order valence-corrected chi connectivity index (χ2v) is 7.86. The zero-order chi connectivity index (χ0) is 20.2. The first-order valence-electron chi connectivity index (χ1n) is 10.3. The van der Waals surface area contributed by atoms with Gasteiger partial charge >= 0.3 is 0 Å². The van der Waals surface area contributed by atoms with Crippen molar-refractivity contribution in [1.82, 2.24) is 20.2 Å². The normalized spacial score (nSPS) is 16.7. The number of likely N-dealkylation sites (tertiary alicyclic amines) is 1. The van der Waals surface area contributed by atoms with Crippen molar-refractivity contribution < 1.29 is 9.59 Å².